The maximum atomic E-state index is 11.8. The molecule has 0 spiro atoms. The second kappa shape index (κ2) is 7.85. The Morgan fingerprint density at radius 1 is 1.14 bits per heavy atom. The third-order valence-electron chi connectivity index (χ3n) is 4.20. The summed E-state index contributed by atoms with van der Waals surface area (Å²) in [5.74, 6) is 0.105. The van der Waals surface area contributed by atoms with E-state index in [-0.39, 0.29) is 17.2 Å². The lowest BCUT2D eigenvalue weighted by Crippen LogP contribution is -2.62. The minimum atomic E-state index is -0.933. The highest BCUT2D eigenvalue weighted by atomic mass is 32.2. The van der Waals surface area contributed by atoms with Gasteiger partial charge in [0.25, 0.3) is 0 Å². The van der Waals surface area contributed by atoms with Crippen LogP contribution in [0.4, 0.5) is 0 Å². The molecule has 3 nitrogen and oxygen atoms in total. The van der Waals surface area contributed by atoms with Crippen LogP contribution in [0.5, 0.6) is 0 Å². The second-order valence-electron chi connectivity index (χ2n) is 5.86. The fourth-order valence-electron chi connectivity index (χ4n) is 3.01. The zero-order valence-electron chi connectivity index (χ0n) is 13.0. The van der Waals surface area contributed by atoms with Crippen LogP contribution in [0, 0.1) is 5.92 Å². The lowest BCUT2D eigenvalue weighted by molar-refractivity contribution is -0.149. The number of nitrogens with zero attached hydrogens (tertiary/aromatic N) is 1. The summed E-state index contributed by atoms with van der Waals surface area (Å²) < 4.78 is 11.6. The van der Waals surface area contributed by atoms with Gasteiger partial charge in [0.15, 0.2) is 0 Å². The standard InChI is InChI=1S/C17H25NO2S/c1-14-16(19)18(17(14)21(2)20)13-9-4-3-6-10-15-11-7-5-8-12-15/h5,7-8,11-12,14,17H,3-4,6,9-10,13H2,1-2H3. The first-order valence-electron chi connectivity index (χ1n) is 7.78. The molecule has 3 atom stereocenters. The SMILES string of the molecule is CC1C(=O)N(CCCCCCc2ccccc2)C1[S+](C)[O-]. The number of benzene rings is 1. The molecule has 3 unspecified atom stereocenters. The number of carbonyl (C=O) groups is 1. The molecule has 21 heavy (non-hydrogen) atoms. The van der Waals surface area contributed by atoms with E-state index in [1.54, 1.807) is 11.2 Å². The normalized spacial score (nSPS) is 23.0. The van der Waals surface area contributed by atoms with E-state index in [0.717, 1.165) is 25.8 Å². The Balaban J connectivity index is 1.59. The van der Waals surface area contributed by atoms with Crippen LogP contribution >= 0.6 is 0 Å². The van der Waals surface area contributed by atoms with Crippen molar-refractivity contribution in [2.24, 2.45) is 5.92 Å². The summed E-state index contributed by atoms with van der Waals surface area (Å²) in [7, 11) is 0. The van der Waals surface area contributed by atoms with E-state index in [1.165, 1.54) is 18.4 Å². The molecule has 0 saturated carbocycles. The zero-order valence-corrected chi connectivity index (χ0v) is 13.8. The van der Waals surface area contributed by atoms with Gasteiger partial charge in [-0.3, -0.25) is 9.69 Å². The highest BCUT2D eigenvalue weighted by Gasteiger charge is 2.49. The Bertz CT molecular complexity index is 449. The van der Waals surface area contributed by atoms with Gasteiger partial charge in [0, 0.05) is 6.54 Å². The second-order valence-corrected chi connectivity index (χ2v) is 7.34. The Kier molecular flexibility index (Phi) is 6.12. The van der Waals surface area contributed by atoms with E-state index >= 15 is 0 Å². The maximum absolute atomic E-state index is 11.8. The summed E-state index contributed by atoms with van der Waals surface area (Å²) in [6.07, 6.45) is 7.35. The van der Waals surface area contributed by atoms with Crippen molar-refractivity contribution in [2.45, 2.75) is 44.4 Å². The summed E-state index contributed by atoms with van der Waals surface area (Å²) in [5, 5.41) is -0.0539. The minimum absolute atomic E-state index is 0.0539. The lowest BCUT2D eigenvalue weighted by Gasteiger charge is -2.44. The third-order valence-corrected chi connectivity index (χ3v) is 5.55. The van der Waals surface area contributed by atoms with Crippen LogP contribution in [-0.2, 0) is 22.4 Å². The zero-order chi connectivity index (χ0) is 15.2. The van der Waals surface area contributed by atoms with E-state index in [9.17, 15) is 9.35 Å². The van der Waals surface area contributed by atoms with Gasteiger partial charge in [0.2, 0.25) is 11.3 Å². The summed E-state index contributed by atoms with van der Waals surface area (Å²) in [6, 6.07) is 10.5. The molecule has 1 fully saturated rings. The average molecular weight is 307 g/mol. The van der Waals surface area contributed by atoms with Crippen LogP contribution in [0.2, 0.25) is 0 Å². The van der Waals surface area contributed by atoms with Gasteiger partial charge < -0.3 is 4.55 Å². The van der Waals surface area contributed by atoms with Gasteiger partial charge in [-0.15, -0.1) is 0 Å². The van der Waals surface area contributed by atoms with Gasteiger partial charge in [-0.25, -0.2) is 0 Å². The van der Waals surface area contributed by atoms with E-state index in [0.29, 0.717) is 0 Å². The van der Waals surface area contributed by atoms with E-state index in [2.05, 4.69) is 24.3 Å². The highest BCUT2D eigenvalue weighted by molar-refractivity contribution is 7.91. The van der Waals surface area contributed by atoms with Crippen LogP contribution in [0.25, 0.3) is 0 Å². The number of β-lactam (4-membered cyclic amide) rings is 1. The highest BCUT2D eigenvalue weighted by Crippen LogP contribution is 2.30. The molecule has 1 amide bonds. The van der Waals surface area contributed by atoms with Gasteiger partial charge in [-0.1, -0.05) is 43.2 Å². The number of amides is 1. The first kappa shape index (κ1) is 16.4. The van der Waals surface area contributed by atoms with Gasteiger partial charge in [-0.2, -0.15) is 0 Å². The molecule has 2 rings (SSSR count). The fraction of sp³-hybridized carbons (Fsp3) is 0.588. The molecule has 1 heterocycles. The Labute approximate surface area is 130 Å². The molecule has 1 aliphatic rings. The summed E-state index contributed by atoms with van der Waals surface area (Å²) in [6.45, 7) is 2.64. The molecular weight excluding hydrogens is 282 g/mol. The molecule has 0 radical (unpaired) electrons. The van der Waals surface area contributed by atoms with E-state index in [1.807, 2.05) is 13.0 Å². The molecule has 1 saturated heterocycles. The number of carbonyl (C=O) groups excluding carboxylic acids is 1. The van der Waals surface area contributed by atoms with Crippen LogP contribution in [0.1, 0.15) is 38.2 Å². The molecular formula is C17H25NO2S. The predicted molar refractivity (Wildman–Crippen MR) is 87.3 cm³/mol. The lowest BCUT2D eigenvalue weighted by atomic mass is 10.00. The van der Waals surface area contributed by atoms with Crippen LogP contribution < -0.4 is 0 Å². The number of rotatable bonds is 8. The third kappa shape index (κ3) is 4.24. The Morgan fingerprint density at radius 2 is 1.81 bits per heavy atom. The molecule has 1 aromatic rings. The van der Waals surface area contributed by atoms with Crippen molar-refractivity contribution in [3.8, 4) is 0 Å². The summed E-state index contributed by atoms with van der Waals surface area (Å²) in [4.78, 5) is 13.6. The van der Waals surface area contributed by atoms with Crippen molar-refractivity contribution in [2.75, 3.05) is 12.8 Å². The minimum Gasteiger partial charge on any atom is -0.615 e. The van der Waals surface area contributed by atoms with Crippen molar-refractivity contribution in [1.82, 2.24) is 4.90 Å². The molecule has 1 aliphatic heterocycles. The van der Waals surface area contributed by atoms with Crippen molar-refractivity contribution >= 4 is 17.1 Å². The summed E-state index contributed by atoms with van der Waals surface area (Å²) >= 11 is -0.933. The molecule has 4 heteroatoms. The molecule has 0 bridgehead atoms. The first-order valence-corrected chi connectivity index (χ1v) is 9.40. The average Bonchev–Trinajstić information content (AvgIpc) is 2.49. The van der Waals surface area contributed by atoms with Gasteiger partial charge in [-0.05, 0) is 42.9 Å². The van der Waals surface area contributed by atoms with Crippen LogP contribution in [-0.4, -0.2) is 33.5 Å². The number of aryl methyl sites for hydroxylation is 1. The van der Waals surface area contributed by atoms with Crippen molar-refractivity contribution in [3.63, 3.8) is 0 Å². The maximum Gasteiger partial charge on any atom is 0.236 e. The first-order chi connectivity index (χ1) is 10.1. The molecule has 116 valence electrons. The smallest absolute Gasteiger partial charge is 0.236 e. The van der Waals surface area contributed by atoms with Gasteiger partial charge >= 0.3 is 0 Å². The summed E-state index contributed by atoms with van der Waals surface area (Å²) in [5.41, 5.74) is 1.39. The van der Waals surface area contributed by atoms with E-state index < -0.39 is 11.2 Å². The molecule has 0 aliphatic carbocycles. The molecule has 0 aromatic heterocycles. The van der Waals surface area contributed by atoms with Crippen LogP contribution in [0.15, 0.2) is 30.3 Å². The topological polar surface area (TPSA) is 43.4 Å². The number of hydrogen-bond donors (Lipinski definition) is 0. The Morgan fingerprint density at radius 3 is 2.48 bits per heavy atom. The quantitative estimate of drug-likeness (QED) is 0.421. The molecule has 1 aromatic carbocycles. The number of unbranched alkanes of at least 4 members (excludes halogenated alkanes) is 3. The Hall–Kier alpha value is -1.00. The van der Waals surface area contributed by atoms with E-state index in [4.69, 9.17) is 0 Å². The van der Waals surface area contributed by atoms with Gasteiger partial charge in [0.05, 0.1) is 6.26 Å². The van der Waals surface area contributed by atoms with Crippen molar-refractivity contribution in [3.05, 3.63) is 35.9 Å². The number of hydrogen-bond acceptors (Lipinski definition) is 2. The van der Waals surface area contributed by atoms with Crippen molar-refractivity contribution < 1.29 is 9.35 Å². The largest absolute Gasteiger partial charge is 0.615 e. The molecule has 0 N–H and O–H groups in total. The van der Waals surface area contributed by atoms with Crippen molar-refractivity contribution in [1.29, 1.82) is 0 Å². The predicted octanol–water partition coefficient (Wildman–Crippen LogP) is 2.97. The number of likely N-dealkylation sites (tertiary alicyclic amines) is 1. The monoisotopic (exact) mass is 307 g/mol. The van der Waals surface area contributed by atoms with Gasteiger partial charge in [0.1, 0.15) is 5.92 Å². The fourth-order valence-corrected chi connectivity index (χ4v) is 4.27. The van der Waals surface area contributed by atoms with Crippen LogP contribution in [0.3, 0.4) is 0 Å².